The van der Waals surface area contributed by atoms with Crippen molar-refractivity contribution in [3.05, 3.63) is 34.9 Å². The van der Waals surface area contributed by atoms with Crippen LogP contribution in [0.1, 0.15) is 101 Å². The summed E-state index contributed by atoms with van der Waals surface area (Å²) in [5, 5.41) is 12.4. The summed E-state index contributed by atoms with van der Waals surface area (Å²) >= 11 is 6.15. The number of hydrogen-bond donors (Lipinski definition) is 1. The lowest BCUT2D eigenvalue weighted by Crippen LogP contribution is -2.61. The number of aliphatic hydroxyl groups excluding tert-OH is 1. The molecule has 0 unspecified atom stereocenters. The molecule has 5 rings (SSSR count). The van der Waals surface area contributed by atoms with Gasteiger partial charge in [0, 0.05) is 42.5 Å². The van der Waals surface area contributed by atoms with Gasteiger partial charge in [0.05, 0.1) is 35.3 Å². The summed E-state index contributed by atoms with van der Waals surface area (Å²) in [6.45, 7) is 20.0. The van der Waals surface area contributed by atoms with Crippen molar-refractivity contribution >= 4 is 41.6 Å². The first-order chi connectivity index (χ1) is 29.4. The zero-order valence-corrected chi connectivity index (χ0v) is 40.0. The molecule has 14 atom stereocenters. The summed E-state index contributed by atoms with van der Waals surface area (Å²) in [4.78, 5) is 75.3. The molecular formula is C46H70ClN3O13. The van der Waals surface area contributed by atoms with Crippen LogP contribution in [0.4, 0.5) is 14.4 Å². The Morgan fingerprint density at radius 3 is 2.21 bits per heavy atom. The second-order valence-electron chi connectivity index (χ2n) is 19.2. The van der Waals surface area contributed by atoms with Crippen LogP contribution in [-0.2, 0) is 49.2 Å². The van der Waals surface area contributed by atoms with Crippen LogP contribution in [0.15, 0.2) is 24.3 Å². The molecular weight excluding hydrogens is 838 g/mol. The molecule has 17 heteroatoms. The van der Waals surface area contributed by atoms with Crippen LogP contribution >= 0.6 is 11.6 Å². The maximum absolute atomic E-state index is 15.0. The van der Waals surface area contributed by atoms with Gasteiger partial charge in [-0.2, -0.15) is 0 Å². The highest BCUT2D eigenvalue weighted by atomic mass is 35.5. The largest absolute Gasteiger partial charge is 0.458 e. The highest BCUT2D eigenvalue weighted by Gasteiger charge is 2.61. The van der Waals surface area contributed by atoms with Crippen LogP contribution in [0, 0.1) is 23.7 Å². The maximum atomic E-state index is 15.0. The van der Waals surface area contributed by atoms with Crippen LogP contribution in [0.5, 0.6) is 0 Å². The maximum Gasteiger partial charge on any atom is 0.420 e. The molecule has 354 valence electrons. The molecule has 0 saturated carbocycles. The molecule has 4 fully saturated rings. The van der Waals surface area contributed by atoms with Gasteiger partial charge < -0.3 is 43.2 Å². The van der Waals surface area contributed by atoms with Gasteiger partial charge in [0.1, 0.15) is 30.7 Å². The summed E-state index contributed by atoms with van der Waals surface area (Å²) in [5.41, 5.74) is -3.03. The number of amides is 3. The Bertz CT molecular complexity index is 1820. The Morgan fingerprint density at radius 1 is 0.984 bits per heavy atom. The summed E-state index contributed by atoms with van der Waals surface area (Å²) in [7, 11) is 3.39. The predicted molar refractivity (Wildman–Crippen MR) is 232 cm³/mol. The van der Waals surface area contributed by atoms with E-state index >= 15 is 0 Å². The fraction of sp³-hybridized carbons (Fsp3) is 0.761. The lowest BCUT2D eigenvalue weighted by molar-refractivity contribution is -0.302. The van der Waals surface area contributed by atoms with Crippen molar-refractivity contribution in [3.63, 3.8) is 0 Å². The number of benzene rings is 1. The minimum Gasteiger partial charge on any atom is -0.458 e. The van der Waals surface area contributed by atoms with Crippen molar-refractivity contribution in [2.45, 2.75) is 167 Å². The van der Waals surface area contributed by atoms with Crippen LogP contribution < -0.4 is 0 Å². The summed E-state index contributed by atoms with van der Waals surface area (Å²) in [6.07, 6.45) is -7.59. The van der Waals surface area contributed by atoms with Crippen LogP contribution in [0.25, 0.3) is 0 Å². The van der Waals surface area contributed by atoms with Crippen molar-refractivity contribution < 1.29 is 62.2 Å². The number of ketones is 1. The van der Waals surface area contributed by atoms with Gasteiger partial charge in [-0.3, -0.25) is 14.5 Å². The molecule has 0 bridgehead atoms. The van der Waals surface area contributed by atoms with E-state index in [1.807, 2.05) is 37.9 Å². The van der Waals surface area contributed by atoms with Crippen molar-refractivity contribution in [2.24, 2.45) is 23.7 Å². The van der Waals surface area contributed by atoms with Crippen molar-refractivity contribution in [1.29, 1.82) is 0 Å². The molecule has 63 heavy (non-hydrogen) atoms. The van der Waals surface area contributed by atoms with Gasteiger partial charge in [-0.25, -0.2) is 19.3 Å². The van der Waals surface area contributed by atoms with E-state index in [-0.39, 0.29) is 43.9 Å². The molecule has 0 aliphatic carbocycles. The number of ether oxygens (including phenoxy) is 7. The number of hydrogen-bond acceptors (Lipinski definition) is 14. The third-order valence-electron chi connectivity index (χ3n) is 14.1. The van der Waals surface area contributed by atoms with Crippen LogP contribution in [-0.4, -0.2) is 149 Å². The molecule has 4 heterocycles. The number of cyclic esters (lactones) is 2. The first-order valence-corrected chi connectivity index (χ1v) is 22.7. The van der Waals surface area contributed by atoms with Crippen molar-refractivity contribution in [3.8, 4) is 0 Å². The van der Waals surface area contributed by atoms with Gasteiger partial charge in [-0.1, -0.05) is 58.4 Å². The number of likely N-dealkylation sites (N-methyl/N-ethyl adjacent to an activating group) is 1. The second-order valence-corrected chi connectivity index (χ2v) is 19.6. The number of esters is 1. The van der Waals surface area contributed by atoms with Gasteiger partial charge >= 0.3 is 24.2 Å². The number of rotatable bonds is 10. The van der Waals surface area contributed by atoms with Crippen LogP contribution in [0.2, 0.25) is 5.02 Å². The van der Waals surface area contributed by atoms with Gasteiger partial charge in [0.2, 0.25) is 0 Å². The first kappa shape index (κ1) is 50.5. The average Bonchev–Trinajstić information content (AvgIpc) is 3.67. The van der Waals surface area contributed by atoms with E-state index in [1.54, 1.807) is 79.3 Å². The molecule has 4 saturated heterocycles. The molecule has 3 amide bonds. The number of halogens is 1. The first-order valence-electron chi connectivity index (χ1n) is 22.3. The lowest BCUT2D eigenvalue weighted by atomic mass is 9.73. The standard InChI is InChI=1S/C46H70ClN3O13/c1-14-33-46(11)37(49(41(54)63-46)21-20-30-16-18-31(47)19-17-30)27(5)34(51)25(3)23-45(10,57-13)38(62-40-35(52)32(48(12)15-2)22-26(4)59-40)28(6)36(29(7)39(53)60-33)61-43(56)50-42(55)58-24-44(50,8)9/h16-19,25-29,32-33,35-38,40,52H,14-15,20-24H2,1-13H3/t25-,26-,27-,28+,29-,32+,33+,35-,36+,37-,38-,40+,45+,46-/m1/s1. The van der Waals surface area contributed by atoms with E-state index in [0.717, 1.165) is 10.5 Å². The van der Waals surface area contributed by atoms with E-state index in [0.29, 0.717) is 24.4 Å². The summed E-state index contributed by atoms with van der Waals surface area (Å²) in [6, 6.07) is 6.06. The normalized spacial score (nSPS) is 37.8. The number of fused-ring (bicyclic) bond motifs is 1. The number of Topliss-reactive ketones (excluding diaryl/α,β-unsaturated/α-hetero) is 1. The van der Waals surface area contributed by atoms with E-state index in [2.05, 4.69) is 0 Å². The number of aliphatic hydroxyl groups is 1. The number of nitrogens with zero attached hydrogens (tertiary/aromatic N) is 3. The topological polar surface area (TPSA) is 180 Å². The number of methoxy groups -OCH3 is 1. The van der Waals surface area contributed by atoms with Crippen molar-refractivity contribution in [2.75, 3.05) is 33.9 Å². The van der Waals surface area contributed by atoms with Gasteiger partial charge in [0.25, 0.3) is 0 Å². The van der Waals surface area contributed by atoms with Gasteiger partial charge in [-0.15, -0.1) is 0 Å². The highest BCUT2D eigenvalue weighted by molar-refractivity contribution is 6.30. The smallest absolute Gasteiger partial charge is 0.420 e. The van der Waals surface area contributed by atoms with Crippen molar-refractivity contribution in [1.82, 2.24) is 14.7 Å². The fourth-order valence-corrected chi connectivity index (χ4v) is 10.3. The molecule has 4 aliphatic rings. The Morgan fingerprint density at radius 2 is 1.63 bits per heavy atom. The summed E-state index contributed by atoms with van der Waals surface area (Å²) < 4.78 is 43.6. The summed E-state index contributed by atoms with van der Waals surface area (Å²) in [5.74, 6) is -4.70. The molecule has 1 N–H and O–H groups in total. The Kier molecular flexibility index (Phi) is 15.9. The van der Waals surface area contributed by atoms with Gasteiger partial charge in [0.15, 0.2) is 11.9 Å². The molecule has 0 spiro atoms. The van der Waals surface area contributed by atoms with Gasteiger partial charge in [-0.05, 0) is 98.5 Å². The monoisotopic (exact) mass is 907 g/mol. The minimum absolute atomic E-state index is 0.0591. The fourth-order valence-electron chi connectivity index (χ4n) is 10.2. The third-order valence-corrected chi connectivity index (χ3v) is 14.3. The molecule has 4 aliphatic heterocycles. The van der Waals surface area contributed by atoms with Crippen LogP contribution in [0.3, 0.4) is 0 Å². The Labute approximate surface area is 377 Å². The molecule has 0 aromatic heterocycles. The lowest BCUT2D eigenvalue weighted by Gasteiger charge is -2.48. The molecule has 16 nitrogen and oxygen atoms in total. The third kappa shape index (κ3) is 10.3. The quantitative estimate of drug-likeness (QED) is 0.195. The Balaban J connectivity index is 1.63. The number of imide groups is 1. The molecule has 1 aromatic carbocycles. The zero-order valence-electron chi connectivity index (χ0n) is 39.3. The van der Waals surface area contributed by atoms with E-state index in [4.69, 9.17) is 44.8 Å². The number of carbonyl (C=O) groups is 5. The number of carbonyl (C=O) groups excluding carboxylic acids is 5. The Hall–Kier alpha value is -3.54. The van der Waals surface area contributed by atoms with E-state index in [9.17, 15) is 29.1 Å². The minimum atomic E-state index is -1.50. The van der Waals surface area contributed by atoms with E-state index < -0.39 is 101 Å². The molecule has 0 radical (unpaired) electrons. The average molecular weight is 909 g/mol. The zero-order chi connectivity index (χ0) is 46.9. The highest BCUT2D eigenvalue weighted by Crippen LogP contribution is 2.44. The molecule has 1 aromatic rings. The SMILES string of the molecule is CC[C@@H]1OC(=O)[C@H](C)[C@@H](OC(=O)N2C(=O)OCC2(C)C)[C@H](C)[C@@H](O[C@@H]2O[C@H](C)C[C@H](N(C)CC)[C@H]2O)[C@@](C)(OC)C[C@@H](C)C(=O)[C@@H](C)[C@H]2N(CCc3ccc(Cl)cc3)C(=O)O[C@]12C. The second kappa shape index (κ2) is 19.9. The predicted octanol–water partition coefficient (Wildman–Crippen LogP) is 6.64. The van der Waals surface area contributed by atoms with E-state index in [1.165, 1.54) is 7.11 Å².